The second kappa shape index (κ2) is 8.13. The average Bonchev–Trinajstić information content (AvgIpc) is 2.91. The van der Waals surface area contributed by atoms with Gasteiger partial charge in [-0.2, -0.15) is 0 Å². The topological polar surface area (TPSA) is 48.7 Å². The van der Waals surface area contributed by atoms with Crippen molar-refractivity contribution in [3.8, 4) is 0 Å². The Balaban J connectivity index is 1.62. The number of hydrogen-bond acceptors (Lipinski definition) is 5. The van der Waals surface area contributed by atoms with Gasteiger partial charge in [0.1, 0.15) is 5.58 Å². The van der Waals surface area contributed by atoms with Crippen LogP contribution < -0.4 is 15.8 Å². The van der Waals surface area contributed by atoms with Crippen LogP contribution in [0.3, 0.4) is 0 Å². The Hall–Kier alpha value is -3.05. The van der Waals surface area contributed by atoms with Gasteiger partial charge in [0.25, 0.3) is 0 Å². The highest BCUT2D eigenvalue weighted by Gasteiger charge is 2.14. The minimum Gasteiger partial charge on any atom is -0.422 e. The highest BCUT2D eigenvalue weighted by molar-refractivity contribution is 5.85. The predicted octanol–water partition coefficient (Wildman–Crippen LogP) is 3.90. The maximum absolute atomic E-state index is 12.6. The lowest BCUT2D eigenvalue weighted by Crippen LogP contribution is -2.28. The Bertz CT molecular complexity index is 1090. The van der Waals surface area contributed by atoms with E-state index in [0.29, 0.717) is 16.7 Å². The fourth-order valence-electron chi connectivity index (χ4n) is 3.78. The summed E-state index contributed by atoms with van der Waals surface area (Å²) in [5, 5.41) is 4.06. The summed E-state index contributed by atoms with van der Waals surface area (Å²) in [6.07, 6.45) is 8.87. The van der Waals surface area contributed by atoms with E-state index in [2.05, 4.69) is 34.8 Å². The minimum atomic E-state index is -0.362. The van der Waals surface area contributed by atoms with Crippen molar-refractivity contribution in [1.82, 2.24) is 10.2 Å². The van der Waals surface area contributed by atoms with Crippen LogP contribution >= 0.6 is 0 Å². The van der Waals surface area contributed by atoms with Crippen molar-refractivity contribution in [2.45, 2.75) is 13.3 Å². The van der Waals surface area contributed by atoms with Crippen LogP contribution in [0.2, 0.25) is 0 Å². The molecule has 2 aliphatic rings. The van der Waals surface area contributed by atoms with Crippen molar-refractivity contribution in [1.29, 1.82) is 0 Å². The first-order valence-electron chi connectivity index (χ1n) is 10.0. The summed E-state index contributed by atoms with van der Waals surface area (Å²) in [5.74, 6) is 0. The number of rotatable bonds is 3. The summed E-state index contributed by atoms with van der Waals surface area (Å²) in [6, 6.07) is 7.98. The minimum absolute atomic E-state index is 0.362. The van der Waals surface area contributed by atoms with Crippen molar-refractivity contribution < 1.29 is 4.42 Å². The average molecular weight is 389 g/mol. The third kappa shape index (κ3) is 4.35. The molecule has 2 aromatic rings. The zero-order chi connectivity index (χ0) is 20.4. The SMILES string of the molecule is C=C(/C=C1/C=C(C)C=CN1)c1cc2ccc(N3CCCN(C)CC3)cc2oc1=O. The van der Waals surface area contributed by atoms with Gasteiger partial charge in [-0.05, 0) is 74.5 Å². The smallest absolute Gasteiger partial charge is 0.344 e. The van der Waals surface area contributed by atoms with Crippen LogP contribution in [-0.2, 0) is 0 Å². The van der Waals surface area contributed by atoms with E-state index >= 15 is 0 Å². The molecule has 0 spiro atoms. The molecule has 1 aromatic carbocycles. The molecule has 1 fully saturated rings. The lowest BCUT2D eigenvalue weighted by Gasteiger charge is -2.23. The number of anilines is 1. The number of allylic oxidation sites excluding steroid dienone is 5. The molecule has 150 valence electrons. The van der Waals surface area contributed by atoms with E-state index in [1.807, 2.05) is 49.6 Å². The van der Waals surface area contributed by atoms with Crippen molar-refractivity contribution in [2.75, 3.05) is 38.1 Å². The summed E-state index contributed by atoms with van der Waals surface area (Å²) in [4.78, 5) is 17.3. The predicted molar refractivity (Wildman–Crippen MR) is 120 cm³/mol. The normalized spacial score (nSPS) is 19.2. The molecular formula is C24H27N3O2. The molecule has 3 heterocycles. The van der Waals surface area contributed by atoms with Crippen molar-refractivity contribution >= 4 is 22.2 Å². The molecule has 29 heavy (non-hydrogen) atoms. The van der Waals surface area contributed by atoms with Gasteiger partial charge < -0.3 is 19.5 Å². The molecule has 0 atom stereocenters. The second-order valence-corrected chi connectivity index (χ2v) is 7.80. The van der Waals surface area contributed by atoms with Gasteiger partial charge in [-0.3, -0.25) is 0 Å². The van der Waals surface area contributed by atoms with E-state index in [4.69, 9.17) is 4.42 Å². The molecule has 0 amide bonds. The maximum atomic E-state index is 12.6. The van der Waals surface area contributed by atoms with Crippen LogP contribution in [0.1, 0.15) is 18.9 Å². The van der Waals surface area contributed by atoms with Gasteiger partial charge in [0.05, 0.1) is 5.56 Å². The van der Waals surface area contributed by atoms with Crippen LogP contribution in [0.25, 0.3) is 16.5 Å². The summed E-state index contributed by atoms with van der Waals surface area (Å²) in [7, 11) is 2.16. The van der Waals surface area contributed by atoms with E-state index < -0.39 is 0 Å². The molecule has 0 unspecified atom stereocenters. The molecular weight excluding hydrogens is 362 g/mol. The number of nitrogens with zero attached hydrogens (tertiary/aromatic N) is 2. The Morgan fingerprint density at radius 3 is 2.90 bits per heavy atom. The number of likely N-dealkylation sites (N-methyl/N-ethyl adjacent to an activating group) is 1. The Kier molecular flexibility index (Phi) is 5.41. The van der Waals surface area contributed by atoms with Crippen LogP contribution in [0.15, 0.2) is 75.8 Å². The molecule has 0 radical (unpaired) electrons. The van der Waals surface area contributed by atoms with Crippen molar-refractivity contribution in [3.05, 3.63) is 82.5 Å². The Morgan fingerprint density at radius 1 is 1.21 bits per heavy atom. The Labute approximate surface area is 171 Å². The summed E-state index contributed by atoms with van der Waals surface area (Å²) >= 11 is 0. The lowest BCUT2D eigenvalue weighted by molar-refractivity contribution is 0.360. The first-order valence-corrected chi connectivity index (χ1v) is 10.0. The van der Waals surface area contributed by atoms with Gasteiger partial charge in [-0.15, -0.1) is 0 Å². The zero-order valence-corrected chi connectivity index (χ0v) is 17.1. The molecule has 0 bridgehead atoms. The number of dihydropyridines is 1. The summed E-state index contributed by atoms with van der Waals surface area (Å²) < 4.78 is 5.68. The number of fused-ring (bicyclic) bond motifs is 1. The van der Waals surface area contributed by atoms with Gasteiger partial charge >= 0.3 is 5.63 Å². The number of nitrogens with one attached hydrogen (secondary N) is 1. The molecule has 2 aliphatic heterocycles. The fourth-order valence-corrected chi connectivity index (χ4v) is 3.78. The highest BCUT2D eigenvalue weighted by atomic mass is 16.4. The van der Waals surface area contributed by atoms with Gasteiger partial charge in [0.2, 0.25) is 0 Å². The van der Waals surface area contributed by atoms with E-state index in [-0.39, 0.29) is 5.63 Å². The molecule has 0 saturated carbocycles. The molecule has 1 aromatic heterocycles. The molecule has 1 N–H and O–H groups in total. The maximum Gasteiger partial charge on any atom is 0.344 e. The summed E-state index contributed by atoms with van der Waals surface area (Å²) in [5.41, 5.74) is 4.50. The molecule has 5 nitrogen and oxygen atoms in total. The zero-order valence-electron chi connectivity index (χ0n) is 17.1. The third-order valence-corrected chi connectivity index (χ3v) is 5.46. The lowest BCUT2D eigenvalue weighted by atomic mass is 10.0. The van der Waals surface area contributed by atoms with E-state index in [1.165, 1.54) is 0 Å². The van der Waals surface area contributed by atoms with Crippen LogP contribution in [-0.4, -0.2) is 38.1 Å². The molecule has 5 heteroatoms. The largest absolute Gasteiger partial charge is 0.422 e. The highest BCUT2D eigenvalue weighted by Crippen LogP contribution is 2.25. The number of hydrogen-bond donors (Lipinski definition) is 1. The monoisotopic (exact) mass is 389 g/mol. The van der Waals surface area contributed by atoms with Crippen molar-refractivity contribution in [2.24, 2.45) is 0 Å². The van der Waals surface area contributed by atoms with Crippen molar-refractivity contribution in [3.63, 3.8) is 0 Å². The van der Waals surface area contributed by atoms with Crippen LogP contribution in [0, 0.1) is 0 Å². The first-order chi connectivity index (χ1) is 14.0. The summed E-state index contributed by atoms with van der Waals surface area (Å²) in [6.45, 7) is 10.2. The van der Waals surface area contributed by atoms with E-state index in [1.54, 1.807) is 0 Å². The standard InChI is InChI=1S/C24H27N3O2/c1-17-7-8-25-20(13-17)14-18(2)22-15-19-5-6-21(16-23(19)29-24(22)28)27-10-4-9-26(3)11-12-27/h5-8,13-16,25H,2,4,9-12H2,1,3H3/b20-14-. The van der Waals surface area contributed by atoms with Gasteiger partial charge in [0, 0.05) is 48.7 Å². The number of benzene rings is 1. The quantitative estimate of drug-likeness (QED) is 0.807. The second-order valence-electron chi connectivity index (χ2n) is 7.80. The Morgan fingerprint density at radius 2 is 2.07 bits per heavy atom. The van der Waals surface area contributed by atoms with Gasteiger partial charge in [-0.25, -0.2) is 4.79 Å². The molecule has 0 aliphatic carbocycles. The van der Waals surface area contributed by atoms with Crippen LogP contribution in [0.4, 0.5) is 5.69 Å². The van der Waals surface area contributed by atoms with Crippen LogP contribution in [0.5, 0.6) is 0 Å². The molecule has 4 rings (SSSR count). The van der Waals surface area contributed by atoms with Gasteiger partial charge in [-0.1, -0.05) is 6.58 Å². The van der Waals surface area contributed by atoms with E-state index in [0.717, 1.165) is 54.9 Å². The third-order valence-electron chi connectivity index (χ3n) is 5.46. The van der Waals surface area contributed by atoms with E-state index in [9.17, 15) is 4.79 Å². The van der Waals surface area contributed by atoms with Gasteiger partial charge in [0.15, 0.2) is 0 Å². The molecule has 1 saturated heterocycles. The fraction of sp³-hybridized carbons (Fsp3) is 0.292. The first kappa shape index (κ1) is 19.3.